The van der Waals surface area contributed by atoms with E-state index in [0.717, 1.165) is 220 Å². The van der Waals surface area contributed by atoms with Crippen LogP contribution in [-0.2, 0) is 52.7 Å². The van der Waals surface area contributed by atoms with E-state index in [1.807, 2.05) is 128 Å². The summed E-state index contributed by atoms with van der Waals surface area (Å²) in [5.74, 6) is 2.35. The lowest BCUT2D eigenvalue weighted by atomic mass is 9.93. The second kappa shape index (κ2) is 85.4. The fourth-order valence-electron chi connectivity index (χ4n) is 16.1. The molecule has 0 radical (unpaired) electrons. The number of amides is 8. The maximum Gasteiger partial charge on any atom is 0.305 e. The highest BCUT2D eigenvalue weighted by Gasteiger charge is 2.32. The number of nitrogens with two attached hydrogens (primary N) is 2. The van der Waals surface area contributed by atoms with Gasteiger partial charge in [0.2, 0.25) is 47.3 Å². The van der Waals surface area contributed by atoms with Crippen molar-refractivity contribution >= 4 is 64.8 Å². The van der Waals surface area contributed by atoms with Gasteiger partial charge in [-0.3, -0.25) is 62.5 Å². The van der Waals surface area contributed by atoms with Crippen molar-refractivity contribution in [2.45, 2.75) is 390 Å². The lowest BCUT2D eigenvalue weighted by Crippen LogP contribution is -2.53. The van der Waals surface area contributed by atoms with Crippen molar-refractivity contribution in [3.05, 3.63) is 0 Å². The van der Waals surface area contributed by atoms with Crippen LogP contribution in [0.5, 0.6) is 0 Å². The highest BCUT2D eigenvalue weighted by atomic mass is 16.4. The molecule has 0 aromatic rings. The Morgan fingerprint density at radius 2 is 0.571 bits per heavy atom. The van der Waals surface area contributed by atoms with E-state index in [2.05, 4.69) is 156 Å². The number of carbonyl (C=O) groups excluding carboxylic acids is 10. The van der Waals surface area contributed by atoms with Crippen LogP contribution in [0.4, 0.5) is 0 Å². The van der Waals surface area contributed by atoms with Crippen LogP contribution >= 0.6 is 0 Å². The summed E-state index contributed by atoms with van der Waals surface area (Å²) in [5, 5.41) is 61.4. The molecule has 0 unspecified atom stereocenters. The third kappa shape index (κ3) is 76.3. The molecule has 10 fully saturated rings. The van der Waals surface area contributed by atoms with Crippen LogP contribution < -0.4 is 27.4 Å². The Morgan fingerprint density at radius 3 is 0.823 bits per heavy atom. The van der Waals surface area contributed by atoms with Gasteiger partial charge in [-0.25, -0.2) is 0 Å². The zero-order chi connectivity index (χ0) is 114. The average Bonchev–Trinajstić information content (AvgIpc) is 0.845. The van der Waals surface area contributed by atoms with Gasteiger partial charge in [-0.15, -0.1) is 0 Å². The van der Waals surface area contributed by atoms with Gasteiger partial charge in [-0.1, -0.05) is 159 Å². The van der Waals surface area contributed by atoms with E-state index in [1.54, 1.807) is 27.7 Å². The van der Waals surface area contributed by atoms with Gasteiger partial charge in [0.15, 0.2) is 0 Å². The van der Waals surface area contributed by atoms with E-state index < -0.39 is 5.97 Å². The number of carboxylic acid groups (broad SMARTS) is 1. The number of Topliss-reactive ketones (excluding diaryl/α,β-unsaturated/α-hetero) is 2. The van der Waals surface area contributed by atoms with Crippen LogP contribution in [0.2, 0.25) is 0 Å². The van der Waals surface area contributed by atoms with Gasteiger partial charge in [0, 0.05) is 245 Å². The highest BCUT2D eigenvalue weighted by Crippen LogP contribution is 2.24. The van der Waals surface area contributed by atoms with Crippen molar-refractivity contribution in [1.82, 2.24) is 74.7 Å². The number of primary amides is 2. The summed E-state index contributed by atoms with van der Waals surface area (Å²) in [5.41, 5.74) is 10.0. The molecule has 10 rings (SSSR count). The number of hydrogen-bond acceptors (Lipinski definition) is 25. The van der Waals surface area contributed by atoms with E-state index in [9.17, 15) is 68.1 Å². The maximum absolute atomic E-state index is 11.9. The molecule has 868 valence electrons. The first-order chi connectivity index (χ1) is 68.5. The molecule has 0 aromatic heterocycles. The van der Waals surface area contributed by atoms with Crippen molar-refractivity contribution in [2.75, 3.05) is 206 Å². The Balaban J connectivity index is -0.000000757. The minimum atomic E-state index is -0.741. The number of rotatable bonds is 24. The molecule has 34 heteroatoms. The molecule has 10 aliphatic rings. The Labute approximate surface area is 896 Å². The molecule has 0 spiro atoms. The van der Waals surface area contributed by atoms with Gasteiger partial charge >= 0.3 is 5.97 Å². The summed E-state index contributed by atoms with van der Waals surface area (Å²) in [6.45, 7) is 83.0. The van der Waals surface area contributed by atoms with Crippen LogP contribution in [-0.4, -0.2) is 420 Å². The first kappa shape index (κ1) is 147. The standard InChI is InChI=1S/C14H27N3O.2C10H20N2O.C10H19NO2.2C9H18N2O.C9H17NO2.C8H18N2.C8H17NO.C7H14O2.C6H12O.C5H12O.C4H9NO.C4H8O2/c1-12(2)14(18)17-6-4-13(5-7-17)16-10-8-15(3)9-11-16;2*1-8(2)10(13)11-9-4-6-12(3)7-5-9;1-7(2)10(13)11-8-3-5-9(12)6-4-8;1-8(2)9(12)11-6-4-10(3)5-7-11;1-7(2)11-5-3-8(4-6-11)9(10)12;1-7(2)9(12)10-5-3-8(11)4-6-10;1-8(2)10-6-4-9(3)5-7-10;1-7(2)9-5-3-8(10)4-6-9;1-6(2)7(9)4-3-5-8;1-4-6(7)5(2)3;1-5(2)3-4-6;2*1-3(2)4(5)6/h12-13H,4-11H2,1-3H3;2*8-9H,4-7H2,1-3H3,(H,11,13);7-9,12H,3-6H2,1-2H3,(H,11,13);8H,4-7H2,1-3H3;7-8H,3-6H2,1-2H3,(H2,10,12);7-8,11H,3-6H2,1-2H3;8H,4-7H2,1-3H3;7-8,10H,3-6H2,1-2H3;6,8H,3-5H2,1-2H3;5H,4H2,1-3H3;5-6H,3-4H2,1-2H3;3H,1-2H3,(H2,5,6);3H,1-2H3,(H,5,6). The molecule has 147 heavy (non-hydrogen) atoms. The number of aliphatic hydroxyl groups excluding tert-OH is 5. The topological polar surface area (TPSA) is 436 Å². The van der Waals surface area contributed by atoms with Gasteiger partial charge in [0.05, 0.1) is 24.2 Å². The van der Waals surface area contributed by atoms with Crippen molar-refractivity contribution in [1.29, 1.82) is 0 Å². The highest BCUT2D eigenvalue weighted by molar-refractivity contribution is 5.82. The van der Waals surface area contributed by atoms with Gasteiger partial charge in [0.25, 0.3) is 0 Å². The minimum Gasteiger partial charge on any atom is -0.481 e. The summed E-state index contributed by atoms with van der Waals surface area (Å²) in [6.07, 6.45) is 17.8. The fraction of sp³-hybridized carbons (Fsp3) is 0.903. The predicted octanol–water partition coefficient (Wildman–Crippen LogP) is 11.3. The first-order valence-electron chi connectivity index (χ1n) is 56.8. The van der Waals surface area contributed by atoms with E-state index in [4.69, 9.17) is 26.8 Å². The second-order valence-electron chi connectivity index (χ2n) is 46.2. The molecule has 0 atom stereocenters. The number of carboxylic acids is 1. The number of nitrogens with one attached hydrogen (secondary N) is 3. The lowest BCUT2D eigenvalue weighted by molar-refractivity contribution is -0.140. The van der Waals surface area contributed by atoms with E-state index in [0.29, 0.717) is 85.6 Å². The molecule has 0 aromatic carbocycles. The SMILES string of the molecule is CC(C)C(=O)CCCO.CC(C)C(=O)N1CCC(N2CCN(C)CC2)CC1.CC(C)C(=O)N1CCC(O)CC1.CC(C)C(=O)N1CCN(C)CC1.CC(C)C(=O)NC1CCC(O)CC1.CC(C)C(=O)NC1CCN(C)CC1.CC(C)C(=O)NC1CCN(C)CC1.CC(C)C(=O)O.CC(C)C(N)=O.CC(C)CCO.CC(C)N1CCC(C(N)=O)CC1.CC(C)N1CCC(O)CC1.CC(C)N1CCN(C)CC1.CCC(=O)C(C)C. The van der Waals surface area contributed by atoms with Crippen LogP contribution in [0, 0.1) is 71.0 Å². The van der Waals surface area contributed by atoms with Crippen LogP contribution in [0.1, 0.15) is 329 Å². The molecule has 9 aliphatic heterocycles. The first-order valence-corrected chi connectivity index (χ1v) is 56.8. The Morgan fingerprint density at radius 1 is 0.299 bits per heavy atom. The lowest BCUT2D eigenvalue weighted by Gasteiger charge is -2.42. The largest absolute Gasteiger partial charge is 0.481 e. The molecular weight excluding hydrogens is 1870 g/mol. The Kier molecular flexibility index (Phi) is 85.5. The third-order valence-corrected chi connectivity index (χ3v) is 27.8. The van der Waals surface area contributed by atoms with E-state index in [1.165, 1.54) is 52.4 Å². The average molecular weight is 2100 g/mol. The quantitative estimate of drug-likeness (QED) is 0.0427. The molecule has 13 N–H and O–H groups in total. The number of likely N-dealkylation sites (tertiary alicyclic amines) is 6. The summed E-state index contributed by atoms with van der Waals surface area (Å²) >= 11 is 0. The molecule has 9 heterocycles. The summed E-state index contributed by atoms with van der Waals surface area (Å²) in [7, 11) is 10.7. The van der Waals surface area contributed by atoms with Gasteiger partial charge in [-0.05, 0) is 238 Å². The summed E-state index contributed by atoms with van der Waals surface area (Å²) < 4.78 is 0. The molecule has 1 saturated carbocycles. The number of aliphatic hydroxyl groups is 5. The molecular formula is C113H229N17O17. The number of nitrogens with zero attached hydrogens (tertiary/aromatic N) is 12. The number of carbonyl (C=O) groups is 11. The van der Waals surface area contributed by atoms with Crippen molar-refractivity contribution in [3.63, 3.8) is 0 Å². The molecule has 1 aliphatic carbocycles. The van der Waals surface area contributed by atoms with Crippen LogP contribution in [0.15, 0.2) is 0 Å². The molecule has 8 amide bonds. The van der Waals surface area contributed by atoms with Gasteiger partial charge < -0.3 is 107 Å². The monoisotopic (exact) mass is 2100 g/mol. The number of ketones is 2. The van der Waals surface area contributed by atoms with Crippen molar-refractivity contribution in [2.24, 2.45) is 82.5 Å². The zero-order valence-electron chi connectivity index (χ0n) is 99.9. The fourth-order valence-corrected chi connectivity index (χ4v) is 16.1. The van der Waals surface area contributed by atoms with Gasteiger partial charge in [0.1, 0.15) is 11.6 Å². The molecule has 34 nitrogen and oxygen atoms in total. The number of piperazine rings is 3. The van der Waals surface area contributed by atoms with Crippen LogP contribution in [0.3, 0.4) is 0 Å². The van der Waals surface area contributed by atoms with Crippen molar-refractivity contribution < 1.29 is 83.4 Å². The molecule has 9 saturated heterocycles. The number of hydrogen-bond donors (Lipinski definition) is 11. The summed E-state index contributed by atoms with van der Waals surface area (Å²) in [6, 6.07) is 3.78. The van der Waals surface area contributed by atoms with E-state index in [-0.39, 0.29) is 131 Å². The zero-order valence-corrected chi connectivity index (χ0v) is 99.9. The molecule has 0 bridgehead atoms. The summed E-state index contributed by atoms with van der Waals surface area (Å²) in [4.78, 5) is 148. The minimum absolute atomic E-state index is 0.00926. The smallest absolute Gasteiger partial charge is 0.305 e. The maximum atomic E-state index is 11.9. The van der Waals surface area contributed by atoms with Crippen LogP contribution in [0.25, 0.3) is 0 Å². The van der Waals surface area contributed by atoms with Crippen molar-refractivity contribution in [3.8, 4) is 0 Å². The predicted molar refractivity (Wildman–Crippen MR) is 601 cm³/mol. The number of likely N-dealkylation sites (N-methyl/N-ethyl adjacent to an activating group) is 3. The normalized spacial score (nSPS) is 19.8. The second-order valence-corrected chi connectivity index (χ2v) is 46.2. The Bertz CT molecular complexity index is 3190. The van der Waals surface area contributed by atoms with E-state index >= 15 is 0 Å². The third-order valence-electron chi connectivity index (χ3n) is 27.8. The number of aliphatic carboxylic acids is 1. The Hall–Kier alpha value is -5.99. The van der Waals surface area contributed by atoms with Gasteiger partial charge in [-0.2, -0.15) is 0 Å². The number of piperidine rings is 6.